The van der Waals surface area contributed by atoms with E-state index in [1.807, 2.05) is 23.1 Å². The van der Waals surface area contributed by atoms with E-state index in [9.17, 15) is 4.79 Å². The molecule has 1 aliphatic heterocycles. The van der Waals surface area contributed by atoms with Crippen LogP contribution in [0.4, 0.5) is 5.69 Å². The molecule has 1 aliphatic rings. The lowest BCUT2D eigenvalue weighted by Crippen LogP contribution is -2.47. The molecule has 0 saturated carbocycles. The highest BCUT2D eigenvalue weighted by atomic mass is 32.2. The van der Waals surface area contributed by atoms with Crippen LogP contribution in [-0.2, 0) is 11.2 Å². The normalized spacial score (nSPS) is 19.2. The van der Waals surface area contributed by atoms with Crippen molar-refractivity contribution in [1.82, 2.24) is 0 Å². The van der Waals surface area contributed by atoms with Crippen molar-refractivity contribution in [2.75, 3.05) is 17.2 Å². The Labute approximate surface area is 119 Å². The summed E-state index contributed by atoms with van der Waals surface area (Å²) in [6.45, 7) is 7.00. The van der Waals surface area contributed by atoms with Gasteiger partial charge in [-0.2, -0.15) is 0 Å². The molecule has 0 saturated heterocycles. The van der Waals surface area contributed by atoms with Gasteiger partial charge in [0, 0.05) is 23.0 Å². The van der Waals surface area contributed by atoms with Gasteiger partial charge in [-0.25, -0.2) is 0 Å². The van der Waals surface area contributed by atoms with Crippen LogP contribution in [0.15, 0.2) is 24.3 Å². The van der Waals surface area contributed by atoms with Crippen molar-refractivity contribution < 1.29 is 4.79 Å². The maximum Gasteiger partial charge on any atom is 0.237 e. The molecular weight excluding hydrogens is 256 g/mol. The maximum absolute atomic E-state index is 12.4. The Morgan fingerprint density at radius 2 is 2.11 bits per heavy atom. The van der Waals surface area contributed by atoms with Gasteiger partial charge in [-0.05, 0) is 18.1 Å². The first-order valence-corrected chi connectivity index (χ1v) is 7.63. The fraction of sp³-hybridized carbons (Fsp3) is 0.533. The first-order chi connectivity index (χ1) is 8.87. The molecule has 19 heavy (non-hydrogen) atoms. The van der Waals surface area contributed by atoms with Gasteiger partial charge in [0.05, 0.1) is 5.75 Å². The minimum Gasteiger partial charge on any atom is -0.326 e. The number of hydrogen-bond acceptors (Lipinski definition) is 3. The van der Waals surface area contributed by atoms with E-state index in [0.717, 1.165) is 12.1 Å². The molecule has 0 radical (unpaired) electrons. The topological polar surface area (TPSA) is 46.3 Å². The molecule has 104 valence electrons. The number of hydrogen-bond donors (Lipinski definition) is 1. The van der Waals surface area contributed by atoms with Crippen LogP contribution in [0, 0.1) is 0 Å². The molecular formula is C15H22N2OS. The highest BCUT2D eigenvalue weighted by Gasteiger charge is 2.27. The summed E-state index contributed by atoms with van der Waals surface area (Å²) in [5, 5.41) is 0. The van der Waals surface area contributed by atoms with Crippen molar-refractivity contribution in [2.45, 2.75) is 38.0 Å². The van der Waals surface area contributed by atoms with E-state index in [1.165, 1.54) is 5.56 Å². The van der Waals surface area contributed by atoms with Crippen molar-refractivity contribution in [2.24, 2.45) is 5.73 Å². The fourth-order valence-electron chi connectivity index (χ4n) is 2.22. The van der Waals surface area contributed by atoms with Crippen LogP contribution in [0.1, 0.15) is 26.3 Å². The van der Waals surface area contributed by atoms with Crippen LogP contribution in [0.5, 0.6) is 0 Å². The summed E-state index contributed by atoms with van der Waals surface area (Å²) in [6, 6.07) is 8.10. The Morgan fingerprint density at radius 3 is 2.79 bits per heavy atom. The van der Waals surface area contributed by atoms with Crippen LogP contribution in [0.2, 0.25) is 0 Å². The average molecular weight is 278 g/mol. The van der Waals surface area contributed by atoms with Crippen LogP contribution in [0.3, 0.4) is 0 Å². The third-order valence-electron chi connectivity index (χ3n) is 3.11. The van der Waals surface area contributed by atoms with Crippen molar-refractivity contribution in [3.05, 3.63) is 29.8 Å². The predicted molar refractivity (Wildman–Crippen MR) is 82.7 cm³/mol. The minimum absolute atomic E-state index is 0.0403. The van der Waals surface area contributed by atoms with Crippen LogP contribution >= 0.6 is 11.8 Å². The first kappa shape index (κ1) is 14.4. The second kappa shape index (κ2) is 5.55. The summed E-state index contributed by atoms with van der Waals surface area (Å²) in [7, 11) is 0. The molecule has 0 aromatic heterocycles. The summed E-state index contributed by atoms with van der Waals surface area (Å²) in [5.41, 5.74) is 8.27. The van der Waals surface area contributed by atoms with Gasteiger partial charge in [0.25, 0.3) is 0 Å². The smallest absolute Gasteiger partial charge is 0.237 e. The van der Waals surface area contributed by atoms with Gasteiger partial charge < -0.3 is 10.6 Å². The summed E-state index contributed by atoms with van der Waals surface area (Å²) in [6.07, 6.45) is 0.854. The van der Waals surface area contributed by atoms with Crippen molar-refractivity contribution in [1.29, 1.82) is 0 Å². The Kier molecular flexibility index (Phi) is 4.21. The molecule has 1 aromatic carbocycles. The third-order valence-corrected chi connectivity index (χ3v) is 4.37. The number of para-hydroxylation sites is 1. The third kappa shape index (κ3) is 3.74. The lowest BCUT2D eigenvalue weighted by atomic mass is 9.98. The van der Waals surface area contributed by atoms with Gasteiger partial charge in [-0.1, -0.05) is 39.0 Å². The molecule has 1 heterocycles. The standard InChI is InChI=1S/C15H22N2OS/c1-15(2,3)19-10-14(18)17-9-12(16)8-11-6-4-5-7-13(11)17/h4-7,12H,8-10,16H2,1-3H3. The summed E-state index contributed by atoms with van der Waals surface area (Å²) in [4.78, 5) is 14.3. The monoisotopic (exact) mass is 278 g/mol. The number of anilines is 1. The largest absolute Gasteiger partial charge is 0.326 e. The lowest BCUT2D eigenvalue weighted by Gasteiger charge is -2.33. The molecule has 3 nitrogen and oxygen atoms in total. The van der Waals surface area contributed by atoms with Gasteiger partial charge in [-0.3, -0.25) is 4.79 Å². The molecule has 0 aliphatic carbocycles. The Morgan fingerprint density at radius 1 is 1.42 bits per heavy atom. The number of benzene rings is 1. The van der Waals surface area contributed by atoms with Gasteiger partial charge in [0.15, 0.2) is 0 Å². The van der Waals surface area contributed by atoms with Crippen LogP contribution in [0.25, 0.3) is 0 Å². The number of carbonyl (C=O) groups excluding carboxylic acids is 1. The van der Waals surface area contributed by atoms with E-state index < -0.39 is 0 Å². The van der Waals surface area contributed by atoms with E-state index in [4.69, 9.17) is 5.73 Å². The zero-order chi connectivity index (χ0) is 14.0. The molecule has 1 amide bonds. The Hall–Kier alpha value is -1.00. The second-order valence-corrected chi connectivity index (χ2v) is 7.80. The van der Waals surface area contributed by atoms with E-state index in [0.29, 0.717) is 12.3 Å². The molecule has 0 spiro atoms. The lowest BCUT2D eigenvalue weighted by molar-refractivity contribution is -0.116. The molecule has 1 aromatic rings. The van der Waals surface area contributed by atoms with E-state index >= 15 is 0 Å². The van der Waals surface area contributed by atoms with Gasteiger partial charge in [0.2, 0.25) is 5.91 Å². The van der Waals surface area contributed by atoms with Crippen molar-refractivity contribution >= 4 is 23.4 Å². The van der Waals surface area contributed by atoms with E-state index in [-0.39, 0.29) is 16.7 Å². The van der Waals surface area contributed by atoms with E-state index in [2.05, 4.69) is 26.8 Å². The van der Waals surface area contributed by atoms with E-state index in [1.54, 1.807) is 11.8 Å². The number of fused-ring (bicyclic) bond motifs is 1. The molecule has 0 bridgehead atoms. The zero-order valence-corrected chi connectivity index (χ0v) is 12.7. The number of amides is 1. The second-order valence-electron chi connectivity index (χ2n) is 6.00. The van der Waals surface area contributed by atoms with Crippen LogP contribution in [-0.4, -0.2) is 29.0 Å². The Balaban J connectivity index is 2.14. The average Bonchev–Trinajstić information content (AvgIpc) is 2.34. The number of nitrogens with zero attached hydrogens (tertiary/aromatic N) is 1. The zero-order valence-electron chi connectivity index (χ0n) is 11.8. The SMILES string of the molecule is CC(C)(C)SCC(=O)N1CC(N)Cc2ccccc21. The highest BCUT2D eigenvalue weighted by molar-refractivity contribution is 8.01. The van der Waals surface area contributed by atoms with Crippen molar-refractivity contribution in [3.8, 4) is 0 Å². The maximum atomic E-state index is 12.4. The summed E-state index contributed by atoms with van der Waals surface area (Å²) < 4.78 is 0.104. The molecule has 4 heteroatoms. The number of thioether (sulfide) groups is 1. The quantitative estimate of drug-likeness (QED) is 0.904. The highest BCUT2D eigenvalue weighted by Crippen LogP contribution is 2.29. The number of nitrogens with two attached hydrogens (primary N) is 1. The number of rotatable bonds is 2. The first-order valence-electron chi connectivity index (χ1n) is 6.64. The Bertz CT molecular complexity index is 467. The van der Waals surface area contributed by atoms with Gasteiger partial charge >= 0.3 is 0 Å². The predicted octanol–water partition coefficient (Wildman–Crippen LogP) is 2.43. The summed E-state index contributed by atoms with van der Waals surface area (Å²) >= 11 is 1.68. The molecule has 0 fully saturated rings. The molecule has 2 N–H and O–H groups in total. The molecule has 1 atom stereocenters. The van der Waals surface area contributed by atoms with Gasteiger partial charge in [0.1, 0.15) is 0 Å². The minimum atomic E-state index is 0.0403. The fourth-order valence-corrected chi connectivity index (χ4v) is 2.93. The molecule has 1 unspecified atom stereocenters. The van der Waals surface area contributed by atoms with Crippen molar-refractivity contribution in [3.63, 3.8) is 0 Å². The van der Waals surface area contributed by atoms with Gasteiger partial charge in [-0.15, -0.1) is 11.8 Å². The summed E-state index contributed by atoms with van der Waals surface area (Å²) in [5.74, 6) is 0.660. The molecule has 2 rings (SSSR count). The number of carbonyl (C=O) groups is 1. The van der Waals surface area contributed by atoms with Crippen LogP contribution < -0.4 is 10.6 Å².